The molecule has 5 heteroatoms. The maximum atomic E-state index is 12.7. The van der Waals surface area contributed by atoms with Gasteiger partial charge in [-0.15, -0.1) is 0 Å². The van der Waals surface area contributed by atoms with Crippen LogP contribution in [0, 0.1) is 18.8 Å². The van der Waals surface area contributed by atoms with E-state index in [1.807, 2.05) is 31.2 Å². The lowest BCUT2D eigenvalue weighted by atomic mass is 9.92. The summed E-state index contributed by atoms with van der Waals surface area (Å²) in [6.07, 6.45) is 1.09. The van der Waals surface area contributed by atoms with Gasteiger partial charge in [0.05, 0.1) is 5.75 Å². The molecule has 0 aliphatic carbocycles. The third-order valence-corrected chi connectivity index (χ3v) is 6.68. The highest BCUT2D eigenvalue weighted by Crippen LogP contribution is 2.23. The Kier molecular flexibility index (Phi) is 5.50. The van der Waals surface area contributed by atoms with E-state index in [0.29, 0.717) is 24.9 Å². The molecule has 0 bridgehead atoms. The van der Waals surface area contributed by atoms with Crippen LogP contribution in [0.15, 0.2) is 24.3 Å². The summed E-state index contributed by atoms with van der Waals surface area (Å²) in [4.78, 5) is 14.4. The Balaban J connectivity index is 2.13. The van der Waals surface area contributed by atoms with Gasteiger partial charge >= 0.3 is 0 Å². The van der Waals surface area contributed by atoms with Crippen LogP contribution in [0.25, 0.3) is 0 Å². The molecule has 2 rings (SSSR count). The number of hydrogen-bond donors (Lipinski definition) is 0. The Morgan fingerprint density at radius 1 is 1.22 bits per heavy atom. The van der Waals surface area contributed by atoms with Crippen molar-refractivity contribution < 1.29 is 13.2 Å². The molecule has 1 aromatic carbocycles. The molecule has 1 aliphatic heterocycles. The summed E-state index contributed by atoms with van der Waals surface area (Å²) in [5.74, 6) is 0.519. The predicted molar refractivity (Wildman–Crippen MR) is 92.8 cm³/mol. The Bertz CT molecular complexity index is 659. The lowest BCUT2D eigenvalue weighted by molar-refractivity contribution is -0.133. The van der Waals surface area contributed by atoms with Gasteiger partial charge in [0.1, 0.15) is 5.25 Å². The molecular weight excluding hydrogens is 310 g/mol. The summed E-state index contributed by atoms with van der Waals surface area (Å²) in [6, 6.07) is 7.43. The van der Waals surface area contributed by atoms with Crippen molar-refractivity contribution in [3.05, 3.63) is 35.4 Å². The molecule has 1 fully saturated rings. The molecule has 0 unspecified atom stereocenters. The Morgan fingerprint density at radius 2 is 1.78 bits per heavy atom. The summed E-state index contributed by atoms with van der Waals surface area (Å²) < 4.78 is 25.3. The van der Waals surface area contributed by atoms with Gasteiger partial charge in [-0.05, 0) is 43.2 Å². The molecule has 0 aromatic heterocycles. The molecule has 23 heavy (non-hydrogen) atoms. The van der Waals surface area contributed by atoms with Gasteiger partial charge in [0.15, 0.2) is 9.84 Å². The van der Waals surface area contributed by atoms with Crippen molar-refractivity contribution in [1.29, 1.82) is 0 Å². The quantitative estimate of drug-likeness (QED) is 0.849. The number of hydrogen-bond acceptors (Lipinski definition) is 3. The molecule has 3 atom stereocenters. The van der Waals surface area contributed by atoms with Crippen LogP contribution in [0.5, 0.6) is 0 Å². The Labute approximate surface area is 139 Å². The summed E-state index contributed by atoms with van der Waals surface area (Å²) in [5, 5.41) is -0.986. The molecule has 4 nitrogen and oxygen atoms in total. The number of nitrogens with zero attached hydrogens (tertiary/aromatic N) is 1. The molecule has 128 valence electrons. The van der Waals surface area contributed by atoms with Crippen LogP contribution in [0.3, 0.4) is 0 Å². The first kappa shape index (κ1) is 18.0. The predicted octanol–water partition coefficient (Wildman–Crippen LogP) is 2.80. The number of carbonyl (C=O) groups is 1. The zero-order chi connectivity index (χ0) is 17.2. The molecule has 0 radical (unpaired) electrons. The van der Waals surface area contributed by atoms with Gasteiger partial charge in [0.2, 0.25) is 5.91 Å². The number of carbonyl (C=O) groups excluding carboxylic acids is 1. The van der Waals surface area contributed by atoms with Crippen LogP contribution in [-0.2, 0) is 20.4 Å². The van der Waals surface area contributed by atoms with Gasteiger partial charge < -0.3 is 4.90 Å². The van der Waals surface area contributed by atoms with Crippen molar-refractivity contribution in [2.24, 2.45) is 11.8 Å². The van der Waals surface area contributed by atoms with Crippen LogP contribution in [0.4, 0.5) is 0 Å². The SMILES string of the molecule is Cc1ccccc1CS(=O)(=O)[C@@H](C)C(=O)N1C[C@H](C)C[C@H](C)C1. The lowest BCUT2D eigenvalue weighted by Crippen LogP contribution is -2.48. The van der Waals surface area contributed by atoms with Gasteiger partial charge in [-0.1, -0.05) is 38.1 Å². The van der Waals surface area contributed by atoms with Crippen LogP contribution < -0.4 is 0 Å². The number of piperidine rings is 1. The molecule has 1 aromatic rings. The number of rotatable bonds is 4. The van der Waals surface area contributed by atoms with E-state index in [1.165, 1.54) is 6.92 Å². The van der Waals surface area contributed by atoms with Crippen LogP contribution in [0.1, 0.15) is 38.3 Å². The zero-order valence-electron chi connectivity index (χ0n) is 14.5. The third kappa shape index (κ3) is 4.34. The van der Waals surface area contributed by atoms with Gasteiger partial charge in [0.25, 0.3) is 0 Å². The van der Waals surface area contributed by atoms with E-state index in [2.05, 4.69) is 13.8 Å². The van der Waals surface area contributed by atoms with Gasteiger partial charge in [0, 0.05) is 13.1 Å². The maximum absolute atomic E-state index is 12.7. The standard InChI is InChI=1S/C18H27NO3S/c1-13-9-14(2)11-19(10-13)18(20)16(4)23(21,22)12-17-8-6-5-7-15(17)3/h5-8,13-14,16H,9-12H2,1-4H3/t13-,14+,16-/m0/s1. The fourth-order valence-corrected chi connectivity index (χ4v) is 4.83. The number of amides is 1. The monoisotopic (exact) mass is 337 g/mol. The van der Waals surface area contributed by atoms with Crippen LogP contribution in [0.2, 0.25) is 0 Å². The van der Waals surface area contributed by atoms with Crippen molar-refractivity contribution in [2.75, 3.05) is 13.1 Å². The smallest absolute Gasteiger partial charge is 0.240 e. The molecule has 1 heterocycles. The fourth-order valence-electron chi connectivity index (χ4n) is 3.37. The minimum atomic E-state index is -3.51. The fraction of sp³-hybridized carbons (Fsp3) is 0.611. The second-order valence-electron chi connectivity index (χ2n) is 7.07. The number of likely N-dealkylation sites (tertiary alicyclic amines) is 1. The second kappa shape index (κ2) is 7.04. The molecule has 1 aliphatic rings. The third-order valence-electron chi connectivity index (χ3n) is 4.68. The molecule has 0 N–H and O–H groups in total. The van der Waals surface area contributed by atoms with Crippen LogP contribution in [-0.4, -0.2) is 37.6 Å². The topological polar surface area (TPSA) is 54.5 Å². The van der Waals surface area contributed by atoms with Crippen LogP contribution >= 0.6 is 0 Å². The summed E-state index contributed by atoms with van der Waals surface area (Å²) in [6.45, 7) is 8.97. The van der Waals surface area contributed by atoms with E-state index >= 15 is 0 Å². The normalized spacial score (nSPS) is 23.6. The molecule has 1 amide bonds. The van der Waals surface area contributed by atoms with Gasteiger partial charge in [-0.3, -0.25) is 4.79 Å². The van der Waals surface area contributed by atoms with Gasteiger partial charge in [-0.25, -0.2) is 8.42 Å². The van der Waals surface area contributed by atoms with Crippen molar-refractivity contribution in [3.8, 4) is 0 Å². The molecule has 1 saturated heterocycles. The Morgan fingerprint density at radius 3 is 2.35 bits per heavy atom. The highest BCUT2D eigenvalue weighted by Gasteiger charge is 2.34. The van der Waals surface area contributed by atoms with Crippen molar-refractivity contribution in [1.82, 2.24) is 4.90 Å². The van der Waals surface area contributed by atoms with Crippen molar-refractivity contribution in [2.45, 2.75) is 45.1 Å². The first-order chi connectivity index (χ1) is 10.7. The molecule has 0 saturated carbocycles. The number of sulfone groups is 1. The first-order valence-corrected chi connectivity index (χ1v) is 9.97. The highest BCUT2D eigenvalue weighted by atomic mass is 32.2. The number of aryl methyl sites for hydroxylation is 1. The van der Waals surface area contributed by atoms with Gasteiger partial charge in [-0.2, -0.15) is 0 Å². The van der Waals surface area contributed by atoms with E-state index in [1.54, 1.807) is 4.90 Å². The summed E-state index contributed by atoms with van der Waals surface area (Å²) >= 11 is 0. The second-order valence-corrected chi connectivity index (χ2v) is 9.39. The average molecular weight is 337 g/mol. The lowest BCUT2D eigenvalue weighted by Gasteiger charge is -2.36. The van der Waals surface area contributed by atoms with E-state index in [-0.39, 0.29) is 11.7 Å². The first-order valence-electron chi connectivity index (χ1n) is 8.25. The van der Waals surface area contributed by atoms with Crippen molar-refractivity contribution >= 4 is 15.7 Å². The van der Waals surface area contributed by atoms with E-state index in [4.69, 9.17) is 0 Å². The minimum absolute atomic E-state index is 0.0779. The zero-order valence-corrected chi connectivity index (χ0v) is 15.3. The largest absolute Gasteiger partial charge is 0.341 e. The highest BCUT2D eigenvalue weighted by molar-refractivity contribution is 7.92. The summed E-state index contributed by atoms with van der Waals surface area (Å²) in [7, 11) is -3.51. The number of benzene rings is 1. The minimum Gasteiger partial charge on any atom is -0.341 e. The average Bonchev–Trinajstić information content (AvgIpc) is 2.47. The molecular formula is C18H27NO3S. The Hall–Kier alpha value is -1.36. The maximum Gasteiger partial charge on any atom is 0.240 e. The van der Waals surface area contributed by atoms with Crippen molar-refractivity contribution in [3.63, 3.8) is 0 Å². The van der Waals surface area contributed by atoms with E-state index < -0.39 is 15.1 Å². The molecule has 0 spiro atoms. The van der Waals surface area contributed by atoms with E-state index in [9.17, 15) is 13.2 Å². The summed E-state index contributed by atoms with van der Waals surface area (Å²) in [5.41, 5.74) is 1.71. The van der Waals surface area contributed by atoms with E-state index in [0.717, 1.165) is 17.5 Å².